The molecule has 0 saturated carbocycles. The molecule has 1 atom stereocenters. The maximum Gasteiger partial charge on any atom is 0.177 e. The topological polar surface area (TPSA) is 46.3 Å². The highest BCUT2D eigenvalue weighted by Gasteiger charge is 2.27. The number of nitrogens with two attached hydrogens (primary N) is 1. The first-order valence-corrected chi connectivity index (χ1v) is 9.79. The molecule has 0 amide bonds. The lowest BCUT2D eigenvalue weighted by Crippen LogP contribution is -2.34. The molecule has 0 bridgehead atoms. The second kappa shape index (κ2) is 7.05. The van der Waals surface area contributed by atoms with Gasteiger partial charge in [0, 0.05) is 19.0 Å². The Bertz CT molecular complexity index is 511. The predicted molar refractivity (Wildman–Crippen MR) is 94.9 cm³/mol. The molecule has 5 heteroatoms. The van der Waals surface area contributed by atoms with Gasteiger partial charge in [0.1, 0.15) is 5.00 Å². The highest BCUT2D eigenvalue weighted by molar-refractivity contribution is 7.99. The summed E-state index contributed by atoms with van der Waals surface area (Å²) in [6.45, 7) is 8.32. The van der Waals surface area contributed by atoms with E-state index in [1.807, 2.05) is 20.1 Å². The van der Waals surface area contributed by atoms with Crippen LogP contribution < -0.4 is 10.6 Å². The van der Waals surface area contributed by atoms with Crippen LogP contribution in [0.15, 0.2) is 4.90 Å². The number of piperidine rings is 1. The summed E-state index contributed by atoms with van der Waals surface area (Å²) < 4.78 is 0. The van der Waals surface area contributed by atoms with Crippen LogP contribution in [0.5, 0.6) is 0 Å². The summed E-state index contributed by atoms with van der Waals surface area (Å²) in [5.41, 5.74) is 6.96. The van der Waals surface area contributed by atoms with Crippen LogP contribution in [-0.4, -0.2) is 25.1 Å². The molecule has 1 aromatic heterocycles. The standard InChI is InChI=1S/C16H26N2OS2/c1-5-11-7-6-8-18(9-11)16-15(20-4)12(17)14(21-16)13(19)10(2)3/h10-11H,5-9,17H2,1-4H3. The fourth-order valence-electron chi connectivity index (χ4n) is 2.85. The Morgan fingerprint density at radius 3 is 2.81 bits per heavy atom. The van der Waals surface area contributed by atoms with Gasteiger partial charge in [-0.25, -0.2) is 0 Å². The Morgan fingerprint density at radius 2 is 2.24 bits per heavy atom. The average molecular weight is 327 g/mol. The van der Waals surface area contributed by atoms with Crippen LogP contribution in [0.2, 0.25) is 0 Å². The van der Waals surface area contributed by atoms with Crippen molar-refractivity contribution in [2.24, 2.45) is 11.8 Å². The number of rotatable bonds is 5. The van der Waals surface area contributed by atoms with Crippen molar-refractivity contribution in [2.75, 3.05) is 30.0 Å². The number of hydrogen-bond donors (Lipinski definition) is 1. The number of Topliss-reactive ketones (excluding diaryl/α,β-unsaturated/α-hetero) is 1. The van der Waals surface area contributed by atoms with Crippen molar-refractivity contribution < 1.29 is 4.79 Å². The molecule has 1 fully saturated rings. The first kappa shape index (κ1) is 16.7. The minimum absolute atomic E-state index is 0.00162. The average Bonchev–Trinajstić information content (AvgIpc) is 2.83. The normalized spacial score (nSPS) is 19.3. The largest absolute Gasteiger partial charge is 0.396 e. The van der Waals surface area contributed by atoms with Gasteiger partial charge in [-0.2, -0.15) is 0 Å². The zero-order valence-electron chi connectivity index (χ0n) is 13.4. The van der Waals surface area contributed by atoms with Gasteiger partial charge in [-0.3, -0.25) is 4.79 Å². The molecule has 1 aliphatic heterocycles. The maximum atomic E-state index is 12.4. The Labute approximate surface area is 136 Å². The Morgan fingerprint density at radius 1 is 1.52 bits per heavy atom. The first-order valence-electron chi connectivity index (χ1n) is 7.74. The van der Waals surface area contributed by atoms with Crippen LogP contribution >= 0.6 is 23.1 Å². The second-order valence-corrected chi connectivity index (χ2v) is 7.88. The molecule has 2 N–H and O–H groups in total. The van der Waals surface area contributed by atoms with E-state index < -0.39 is 0 Å². The van der Waals surface area contributed by atoms with Gasteiger partial charge < -0.3 is 10.6 Å². The number of thiophene rings is 1. The zero-order chi connectivity index (χ0) is 15.6. The summed E-state index contributed by atoms with van der Waals surface area (Å²) in [6, 6.07) is 0. The third kappa shape index (κ3) is 3.39. The van der Waals surface area contributed by atoms with Crippen molar-refractivity contribution in [1.82, 2.24) is 0 Å². The molecule has 0 aliphatic carbocycles. The Kier molecular flexibility index (Phi) is 5.60. The molecule has 3 nitrogen and oxygen atoms in total. The molecule has 0 spiro atoms. The Hall–Kier alpha value is -0.680. The number of nitrogen functional groups attached to an aromatic ring is 1. The lowest BCUT2D eigenvalue weighted by molar-refractivity contribution is 0.0944. The number of anilines is 2. The van der Waals surface area contributed by atoms with Crippen LogP contribution in [0.4, 0.5) is 10.7 Å². The zero-order valence-corrected chi connectivity index (χ0v) is 15.1. The second-order valence-electron chi connectivity index (χ2n) is 6.06. The smallest absolute Gasteiger partial charge is 0.177 e. The van der Waals surface area contributed by atoms with Crippen LogP contribution in [0, 0.1) is 11.8 Å². The Balaban J connectivity index is 2.35. The van der Waals surface area contributed by atoms with Crippen LogP contribution in [0.3, 0.4) is 0 Å². The minimum Gasteiger partial charge on any atom is -0.396 e. The number of carbonyl (C=O) groups is 1. The molecule has 1 aliphatic rings. The van der Waals surface area contributed by atoms with Gasteiger partial charge in [0.25, 0.3) is 0 Å². The van der Waals surface area contributed by atoms with E-state index in [0.29, 0.717) is 5.69 Å². The van der Waals surface area contributed by atoms with Crippen LogP contribution in [-0.2, 0) is 0 Å². The summed E-state index contributed by atoms with van der Waals surface area (Å²) in [5, 5.41) is 1.21. The fraction of sp³-hybridized carbons (Fsp3) is 0.688. The lowest BCUT2D eigenvalue weighted by Gasteiger charge is -2.33. The predicted octanol–water partition coefficient (Wildman–Crippen LogP) is 4.52. The summed E-state index contributed by atoms with van der Waals surface area (Å²) in [7, 11) is 0. The molecular formula is C16H26N2OS2. The molecule has 2 rings (SSSR count). The number of carbonyl (C=O) groups excluding carboxylic acids is 1. The quantitative estimate of drug-likeness (QED) is 0.638. The molecule has 0 radical (unpaired) electrons. The number of thioether (sulfide) groups is 1. The molecule has 21 heavy (non-hydrogen) atoms. The lowest BCUT2D eigenvalue weighted by atomic mass is 9.96. The van der Waals surface area contributed by atoms with E-state index >= 15 is 0 Å². The molecule has 1 saturated heterocycles. The van der Waals surface area contributed by atoms with Gasteiger partial charge in [0.05, 0.1) is 15.5 Å². The first-order chi connectivity index (χ1) is 9.99. The van der Waals surface area contributed by atoms with Gasteiger partial charge >= 0.3 is 0 Å². The van der Waals surface area contributed by atoms with E-state index in [9.17, 15) is 4.79 Å². The van der Waals surface area contributed by atoms with Crippen molar-refractivity contribution in [1.29, 1.82) is 0 Å². The van der Waals surface area contributed by atoms with Gasteiger partial charge in [0.2, 0.25) is 0 Å². The van der Waals surface area contributed by atoms with E-state index in [0.717, 1.165) is 28.8 Å². The summed E-state index contributed by atoms with van der Waals surface area (Å²) >= 11 is 3.26. The van der Waals surface area contributed by atoms with E-state index in [1.165, 1.54) is 24.3 Å². The van der Waals surface area contributed by atoms with Crippen molar-refractivity contribution >= 4 is 39.6 Å². The third-order valence-electron chi connectivity index (χ3n) is 4.22. The van der Waals surface area contributed by atoms with E-state index in [1.54, 1.807) is 23.1 Å². The number of ketones is 1. The van der Waals surface area contributed by atoms with Gasteiger partial charge in [-0.15, -0.1) is 23.1 Å². The minimum atomic E-state index is -0.00162. The van der Waals surface area contributed by atoms with E-state index in [2.05, 4.69) is 11.8 Å². The van der Waals surface area contributed by atoms with Crippen molar-refractivity contribution in [3.63, 3.8) is 0 Å². The van der Waals surface area contributed by atoms with Crippen molar-refractivity contribution in [3.05, 3.63) is 4.88 Å². The van der Waals surface area contributed by atoms with Gasteiger partial charge in [0.15, 0.2) is 5.78 Å². The molecule has 0 aromatic carbocycles. The fourth-order valence-corrected chi connectivity index (χ4v) is 5.15. The monoisotopic (exact) mass is 326 g/mol. The van der Waals surface area contributed by atoms with Crippen molar-refractivity contribution in [3.8, 4) is 0 Å². The highest BCUT2D eigenvalue weighted by Crippen LogP contribution is 2.45. The highest BCUT2D eigenvalue weighted by atomic mass is 32.2. The van der Waals surface area contributed by atoms with Gasteiger partial charge in [-0.05, 0) is 25.0 Å². The number of nitrogens with zero attached hydrogens (tertiary/aromatic N) is 1. The molecule has 1 aromatic rings. The van der Waals surface area contributed by atoms with E-state index in [-0.39, 0.29) is 11.7 Å². The van der Waals surface area contributed by atoms with Crippen molar-refractivity contribution in [2.45, 2.75) is 44.9 Å². The molecule has 1 unspecified atom stereocenters. The summed E-state index contributed by atoms with van der Waals surface area (Å²) in [5.74, 6) is 0.933. The van der Waals surface area contributed by atoms with Gasteiger partial charge in [-0.1, -0.05) is 27.2 Å². The summed E-state index contributed by atoms with van der Waals surface area (Å²) in [4.78, 5) is 16.6. The summed E-state index contributed by atoms with van der Waals surface area (Å²) in [6.07, 6.45) is 5.83. The number of hydrogen-bond acceptors (Lipinski definition) is 5. The molecule has 118 valence electrons. The van der Waals surface area contributed by atoms with Crippen LogP contribution in [0.1, 0.15) is 49.7 Å². The maximum absolute atomic E-state index is 12.4. The molecule has 2 heterocycles. The van der Waals surface area contributed by atoms with Crippen LogP contribution in [0.25, 0.3) is 0 Å². The molecular weight excluding hydrogens is 300 g/mol. The third-order valence-corrected chi connectivity index (χ3v) is 6.45. The van der Waals surface area contributed by atoms with E-state index in [4.69, 9.17) is 5.73 Å². The SMILES string of the molecule is CCC1CCCN(c2sc(C(=O)C(C)C)c(N)c2SC)C1.